The molecule has 0 unspecified atom stereocenters. The zero-order valence-corrected chi connectivity index (χ0v) is 20.7. The molecular weight excluding hydrogens is 472 g/mol. The Balaban J connectivity index is 1.39. The number of Topliss-reactive ketones (excluding diaryl/α,β-unsaturated/α-hetero) is 1. The lowest BCUT2D eigenvalue weighted by Crippen LogP contribution is -2.74. The lowest BCUT2D eigenvalue weighted by molar-refractivity contribution is -0.223. The Labute approximate surface area is 207 Å². The van der Waals surface area contributed by atoms with Gasteiger partial charge >= 0.3 is 17.9 Å². The Hall–Kier alpha value is -2.30. The van der Waals surface area contributed by atoms with Crippen molar-refractivity contribution in [3.05, 3.63) is 11.6 Å². The van der Waals surface area contributed by atoms with E-state index in [9.17, 15) is 24.3 Å². The van der Waals surface area contributed by atoms with Crippen molar-refractivity contribution in [2.24, 2.45) is 28.1 Å². The molecule has 7 rings (SSSR count). The van der Waals surface area contributed by atoms with Gasteiger partial charge in [0, 0.05) is 34.8 Å². The first kappa shape index (κ1) is 22.9. The van der Waals surface area contributed by atoms with E-state index in [-0.39, 0.29) is 48.6 Å². The normalized spacial score (nSPS) is 54.1. The molecule has 10 nitrogen and oxygen atoms in total. The molecule has 0 aromatic heterocycles. The molecule has 4 saturated heterocycles. The van der Waals surface area contributed by atoms with Crippen molar-refractivity contribution in [2.45, 2.75) is 89.2 Å². The molecule has 7 aliphatic rings. The lowest BCUT2D eigenvalue weighted by Gasteiger charge is -2.65. The predicted molar refractivity (Wildman–Crippen MR) is 117 cm³/mol. The highest BCUT2D eigenvalue weighted by Gasteiger charge is 2.90. The second kappa shape index (κ2) is 6.39. The Morgan fingerprint density at radius 3 is 2.39 bits per heavy atom. The molecule has 10 atom stereocenters. The summed E-state index contributed by atoms with van der Waals surface area (Å²) < 4.78 is 29.1. The number of aliphatic hydroxyl groups is 1. The molecule has 5 heterocycles. The fraction of sp³-hybridized carbons (Fsp3) is 0.769. The second-order valence-electron chi connectivity index (χ2n) is 12.6. The summed E-state index contributed by atoms with van der Waals surface area (Å²) in [5, 5.41) is 10.4. The maximum Gasteiger partial charge on any atom is 0.339 e. The van der Waals surface area contributed by atoms with Gasteiger partial charge in [-0.25, -0.2) is 9.59 Å². The molecule has 1 N–H and O–H groups in total. The van der Waals surface area contributed by atoms with E-state index in [1.807, 2.05) is 27.7 Å². The molecule has 0 aromatic rings. The molecule has 5 aliphatic heterocycles. The van der Waals surface area contributed by atoms with E-state index in [4.69, 9.17) is 23.7 Å². The van der Waals surface area contributed by atoms with Gasteiger partial charge in [-0.15, -0.1) is 0 Å². The first-order chi connectivity index (χ1) is 16.8. The number of epoxide rings is 1. The summed E-state index contributed by atoms with van der Waals surface area (Å²) in [6, 6.07) is 0. The number of cyclic esters (lactones) is 3. The zero-order chi connectivity index (χ0) is 25.6. The van der Waals surface area contributed by atoms with Crippen LogP contribution < -0.4 is 0 Å². The molecule has 2 spiro atoms. The minimum absolute atomic E-state index is 0.00694. The largest absolute Gasteiger partial charge is 0.465 e. The molecule has 10 heteroatoms. The minimum Gasteiger partial charge on any atom is -0.465 e. The van der Waals surface area contributed by atoms with Crippen LogP contribution in [0.3, 0.4) is 0 Å². The van der Waals surface area contributed by atoms with E-state index in [0.717, 1.165) is 0 Å². The topological polar surface area (TPSA) is 138 Å². The number of carbonyl (C=O) groups excluding carboxylic acids is 4. The number of aliphatic hydroxyl groups excluding tert-OH is 1. The van der Waals surface area contributed by atoms with Crippen LogP contribution in [0.4, 0.5) is 0 Å². The third-order valence-electron chi connectivity index (χ3n) is 11.0. The Morgan fingerprint density at radius 2 is 1.69 bits per heavy atom. The van der Waals surface area contributed by atoms with Crippen molar-refractivity contribution in [2.75, 3.05) is 6.61 Å². The van der Waals surface area contributed by atoms with Crippen molar-refractivity contribution < 1.29 is 48.0 Å². The van der Waals surface area contributed by atoms with Crippen LogP contribution in [0.1, 0.15) is 53.4 Å². The maximum absolute atomic E-state index is 14.3. The smallest absolute Gasteiger partial charge is 0.339 e. The number of carbonyl (C=O) groups is 4. The van der Waals surface area contributed by atoms with Gasteiger partial charge in [-0.2, -0.15) is 0 Å². The van der Waals surface area contributed by atoms with Gasteiger partial charge < -0.3 is 28.8 Å². The third-order valence-corrected chi connectivity index (χ3v) is 11.0. The highest BCUT2D eigenvalue weighted by molar-refractivity contribution is 5.94. The Bertz CT molecular complexity index is 1170. The van der Waals surface area contributed by atoms with Crippen LogP contribution in [0, 0.1) is 28.1 Å². The molecule has 0 amide bonds. The van der Waals surface area contributed by atoms with Gasteiger partial charge in [0.15, 0.2) is 6.10 Å². The van der Waals surface area contributed by atoms with E-state index in [0.29, 0.717) is 12.8 Å². The van der Waals surface area contributed by atoms with Crippen LogP contribution in [-0.4, -0.2) is 71.2 Å². The van der Waals surface area contributed by atoms with Crippen molar-refractivity contribution in [1.29, 1.82) is 0 Å². The van der Waals surface area contributed by atoms with Gasteiger partial charge in [0.1, 0.15) is 24.1 Å². The van der Waals surface area contributed by atoms with Crippen molar-refractivity contribution >= 4 is 23.7 Å². The fourth-order valence-corrected chi connectivity index (χ4v) is 9.54. The number of ether oxygens (including phenoxy) is 5. The first-order valence-electron chi connectivity index (χ1n) is 12.7. The Kier molecular flexibility index (Phi) is 4.06. The van der Waals surface area contributed by atoms with Crippen LogP contribution in [0.2, 0.25) is 0 Å². The molecule has 0 radical (unpaired) electrons. The highest BCUT2D eigenvalue weighted by atomic mass is 16.7. The molecule has 36 heavy (non-hydrogen) atoms. The lowest BCUT2D eigenvalue weighted by atomic mass is 9.37. The summed E-state index contributed by atoms with van der Waals surface area (Å²) in [5.41, 5.74) is -4.23. The quantitative estimate of drug-likeness (QED) is 0.314. The van der Waals surface area contributed by atoms with E-state index in [1.54, 1.807) is 0 Å². The van der Waals surface area contributed by atoms with Gasteiger partial charge in [0.05, 0.1) is 23.5 Å². The summed E-state index contributed by atoms with van der Waals surface area (Å²) in [5.74, 6) is -2.06. The van der Waals surface area contributed by atoms with E-state index >= 15 is 0 Å². The SMILES string of the molecule is CC1(C)O[C@H]2CC(=O)OC[C@]23[C@H]2CC[C@@]4(C)[C@H](C5=CC(=O)O[C@H]5O)OC(=O)[C@H]5O[C@]54[C@]2(C)C(=O)C[C@@H]13. The summed E-state index contributed by atoms with van der Waals surface area (Å²) in [7, 11) is 0. The average molecular weight is 503 g/mol. The van der Waals surface area contributed by atoms with Gasteiger partial charge in [-0.3, -0.25) is 9.59 Å². The second-order valence-corrected chi connectivity index (χ2v) is 12.6. The highest BCUT2D eigenvalue weighted by Crippen LogP contribution is 2.78. The van der Waals surface area contributed by atoms with Crippen molar-refractivity contribution in [1.82, 2.24) is 0 Å². The molecule has 0 aromatic carbocycles. The van der Waals surface area contributed by atoms with Crippen LogP contribution >= 0.6 is 0 Å². The summed E-state index contributed by atoms with van der Waals surface area (Å²) in [6.07, 6.45) is -1.25. The molecule has 6 fully saturated rings. The molecule has 2 saturated carbocycles. The third kappa shape index (κ3) is 2.23. The van der Waals surface area contributed by atoms with Crippen LogP contribution in [0.15, 0.2) is 11.6 Å². The van der Waals surface area contributed by atoms with Gasteiger partial charge in [-0.05, 0) is 39.5 Å². The molecule has 2 aliphatic carbocycles. The number of esters is 3. The van der Waals surface area contributed by atoms with E-state index in [2.05, 4.69) is 0 Å². The number of ketones is 1. The van der Waals surface area contributed by atoms with Crippen molar-refractivity contribution in [3.63, 3.8) is 0 Å². The van der Waals surface area contributed by atoms with Crippen LogP contribution in [-0.2, 0) is 42.9 Å². The summed E-state index contributed by atoms with van der Waals surface area (Å²) in [6.45, 7) is 7.90. The van der Waals surface area contributed by atoms with Gasteiger partial charge in [0.2, 0.25) is 6.29 Å². The number of hydrogen-bond acceptors (Lipinski definition) is 10. The monoisotopic (exact) mass is 502 g/mol. The zero-order valence-electron chi connectivity index (χ0n) is 20.7. The van der Waals surface area contributed by atoms with E-state index in [1.165, 1.54) is 6.08 Å². The molecule has 194 valence electrons. The summed E-state index contributed by atoms with van der Waals surface area (Å²) >= 11 is 0. The first-order valence-corrected chi connectivity index (χ1v) is 12.7. The number of fused-ring (bicyclic) bond motifs is 1. The fourth-order valence-electron chi connectivity index (χ4n) is 9.54. The molecule has 0 bridgehead atoms. The minimum atomic E-state index is -1.53. The van der Waals surface area contributed by atoms with Crippen molar-refractivity contribution in [3.8, 4) is 0 Å². The number of rotatable bonds is 1. The van der Waals surface area contributed by atoms with Crippen LogP contribution in [0.5, 0.6) is 0 Å². The standard InChI is InChI=1S/C26H30O10/c1-22(2)13-8-14(27)24(4)12(25(13)10-32-16(28)9-15(25)35-22)5-6-23(3)18(11-7-17(29)33-20(11)30)34-21(31)19-26(23,24)36-19/h7,12-13,15,18-20,30H,5-6,8-10H2,1-4H3/t12-,13-,15-,18-,19+,20+,23-,24-,25+,26+/m0/s1. The average Bonchev–Trinajstić information content (AvgIpc) is 3.43. The molecular formula is C26H30O10. The van der Waals surface area contributed by atoms with Gasteiger partial charge in [0.25, 0.3) is 0 Å². The maximum atomic E-state index is 14.3. The Morgan fingerprint density at radius 1 is 0.944 bits per heavy atom. The number of hydrogen-bond donors (Lipinski definition) is 1. The van der Waals surface area contributed by atoms with E-state index < -0.39 is 64.0 Å². The predicted octanol–water partition coefficient (Wildman–Crippen LogP) is 0.973. The van der Waals surface area contributed by atoms with Gasteiger partial charge in [-0.1, -0.05) is 6.92 Å². The van der Waals surface area contributed by atoms with Crippen LogP contribution in [0.25, 0.3) is 0 Å². The summed E-state index contributed by atoms with van der Waals surface area (Å²) in [4.78, 5) is 51.7.